The van der Waals surface area contributed by atoms with E-state index in [1.165, 1.54) is 25.3 Å². The third kappa shape index (κ3) is 2.36. The fourth-order valence-corrected chi connectivity index (χ4v) is 2.57. The highest BCUT2D eigenvalue weighted by molar-refractivity contribution is 5.81. The van der Waals surface area contributed by atoms with E-state index in [-0.39, 0.29) is 11.4 Å². The molecule has 1 heterocycles. The van der Waals surface area contributed by atoms with Crippen molar-refractivity contribution in [3.63, 3.8) is 0 Å². The van der Waals surface area contributed by atoms with Gasteiger partial charge in [0.05, 0.1) is 0 Å². The number of phenolic OH excluding ortho intramolecular Hbond substituents is 1. The van der Waals surface area contributed by atoms with Crippen molar-refractivity contribution >= 4 is 11.0 Å². The molecule has 0 unspecified atom stereocenters. The van der Waals surface area contributed by atoms with Gasteiger partial charge in [0.25, 0.3) is 0 Å². The van der Waals surface area contributed by atoms with Gasteiger partial charge in [-0.2, -0.15) is 0 Å². The molecule has 1 aliphatic carbocycles. The molecule has 1 aromatic heterocycles. The average Bonchev–Trinajstić information content (AvgIpc) is 2.25. The second-order valence-electron chi connectivity index (χ2n) is 5.27. The maximum atomic E-state index is 11.6. The zero-order valence-electron chi connectivity index (χ0n) is 10.9. The fraction of sp³-hybridized carbons (Fsp3) is 0.400. The third-order valence-electron chi connectivity index (χ3n) is 3.93. The van der Waals surface area contributed by atoms with E-state index in [4.69, 9.17) is 4.42 Å². The Morgan fingerprint density at radius 3 is 2.84 bits per heavy atom. The molecule has 0 spiro atoms. The maximum Gasteiger partial charge on any atom is 0.336 e. The summed E-state index contributed by atoms with van der Waals surface area (Å²) in [6, 6.07) is 7.09. The van der Waals surface area contributed by atoms with Gasteiger partial charge in [-0.3, -0.25) is 4.90 Å². The summed E-state index contributed by atoms with van der Waals surface area (Å²) in [7, 11) is 2.09. The van der Waals surface area contributed by atoms with Crippen molar-refractivity contribution in [2.45, 2.75) is 31.8 Å². The molecule has 0 aliphatic heterocycles. The van der Waals surface area contributed by atoms with E-state index in [2.05, 4.69) is 11.9 Å². The fourth-order valence-electron chi connectivity index (χ4n) is 2.57. The van der Waals surface area contributed by atoms with Crippen molar-refractivity contribution in [2.24, 2.45) is 0 Å². The van der Waals surface area contributed by atoms with Crippen molar-refractivity contribution in [3.05, 3.63) is 40.2 Å². The van der Waals surface area contributed by atoms with Gasteiger partial charge in [0.2, 0.25) is 0 Å². The van der Waals surface area contributed by atoms with Crippen molar-refractivity contribution in [1.29, 1.82) is 0 Å². The number of phenols is 1. The van der Waals surface area contributed by atoms with Crippen LogP contribution < -0.4 is 5.63 Å². The van der Waals surface area contributed by atoms with Crippen molar-refractivity contribution in [3.8, 4) is 5.75 Å². The van der Waals surface area contributed by atoms with Gasteiger partial charge in [-0.05, 0) is 37.6 Å². The van der Waals surface area contributed by atoms with E-state index in [1.807, 2.05) is 0 Å². The first-order valence-electron chi connectivity index (χ1n) is 6.59. The van der Waals surface area contributed by atoms with Crippen LogP contribution in [0.2, 0.25) is 0 Å². The standard InChI is InChI=1S/C15H17NO3/c1-16(11-3-2-4-11)9-10-7-15(18)19-14-8-12(17)5-6-13(10)14/h5-8,11,17H,2-4,9H2,1H3. The zero-order valence-corrected chi connectivity index (χ0v) is 10.9. The van der Waals surface area contributed by atoms with Gasteiger partial charge in [0.1, 0.15) is 11.3 Å². The first-order chi connectivity index (χ1) is 9.13. The number of benzene rings is 1. The largest absolute Gasteiger partial charge is 0.508 e. The molecule has 1 aliphatic rings. The van der Waals surface area contributed by atoms with E-state index < -0.39 is 0 Å². The highest BCUT2D eigenvalue weighted by Gasteiger charge is 2.22. The van der Waals surface area contributed by atoms with Crippen molar-refractivity contribution in [2.75, 3.05) is 7.05 Å². The van der Waals surface area contributed by atoms with E-state index in [0.717, 1.165) is 17.5 Å². The van der Waals surface area contributed by atoms with Gasteiger partial charge < -0.3 is 9.52 Å². The van der Waals surface area contributed by atoms with E-state index in [9.17, 15) is 9.90 Å². The minimum atomic E-state index is -0.366. The molecule has 1 N–H and O–H groups in total. The smallest absolute Gasteiger partial charge is 0.336 e. The number of hydrogen-bond acceptors (Lipinski definition) is 4. The molecule has 19 heavy (non-hydrogen) atoms. The molecule has 1 fully saturated rings. The van der Waals surface area contributed by atoms with Crippen LogP contribution in [0.5, 0.6) is 5.75 Å². The summed E-state index contributed by atoms with van der Waals surface area (Å²) in [4.78, 5) is 13.9. The molecular formula is C15H17NO3. The summed E-state index contributed by atoms with van der Waals surface area (Å²) < 4.78 is 5.13. The van der Waals surface area contributed by atoms with Gasteiger partial charge in [-0.25, -0.2) is 4.79 Å². The van der Waals surface area contributed by atoms with Crippen LogP contribution in [0, 0.1) is 0 Å². The Labute approximate surface area is 111 Å². The van der Waals surface area contributed by atoms with Crippen LogP contribution in [-0.2, 0) is 6.54 Å². The van der Waals surface area contributed by atoms with Gasteiger partial charge >= 0.3 is 5.63 Å². The van der Waals surface area contributed by atoms with Crippen LogP contribution in [0.1, 0.15) is 24.8 Å². The average molecular weight is 259 g/mol. The molecule has 2 aromatic rings. The van der Waals surface area contributed by atoms with Crippen LogP contribution in [0.3, 0.4) is 0 Å². The Morgan fingerprint density at radius 1 is 1.37 bits per heavy atom. The van der Waals surface area contributed by atoms with Gasteiger partial charge in [-0.15, -0.1) is 0 Å². The topological polar surface area (TPSA) is 53.7 Å². The Morgan fingerprint density at radius 2 is 2.16 bits per heavy atom. The van der Waals surface area contributed by atoms with Gasteiger partial charge in [0, 0.05) is 30.1 Å². The van der Waals surface area contributed by atoms with Crippen LogP contribution in [0.15, 0.2) is 33.5 Å². The molecule has 4 heteroatoms. The molecule has 100 valence electrons. The van der Waals surface area contributed by atoms with Gasteiger partial charge in [-0.1, -0.05) is 6.42 Å². The predicted octanol–water partition coefficient (Wildman–Crippen LogP) is 2.48. The molecule has 1 saturated carbocycles. The molecule has 0 bridgehead atoms. The lowest BCUT2D eigenvalue weighted by Gasteiger charge is -2.34. The minimum Gasteiger partial charge on any atom is -0.508 e. The number of fused-ring (bicyclic) bond motifs is 1. The molecule has 4 nitrogen and oxygen atoms in total. The minimum absolute atomic E-state index is 0.111. The molecule has 1 aromatic carbocycles. The van der Waals surface area contributed by atoms with E-state index in [1.54, 1.807) is 18.2 Å². The normalized spacial score (nSPS) is 15.9. The summed E-state index contributed by atoms with van der Waals surface area (Å²) in [6.07, 6.45) is 3.76. The number of hydrogen-bond donors (Lipinski definition) is 1. The zero-order chi connectivity index (χ0) is 13.4. The lowest BCUT2D eigenvalue weighted by atomic mass is 9.91. The first kappa shape index (κ1) is 12.2. The third-order valence-corrected chi connectivity index (χ3v) is 3.93. The predicted molar refractivity (Wildman–Crippen MR) is 73.3 cm³/mol. The van der Waals surface area contributed by atoms with Gasteiger partial charge in [0.15, 0.2) is 0 Å². The molecular weight excluding hydrogens is 242 g/mol. The monoisotopic (exact) mass is 259 g/mol. The number of aromatic hydroxyl groups is 1. The lowest BCUT2D eigenvalue weighted by molar-refractivity contribution is 0.153. The quantitative estimate of drug-likeness (QED) is 0.860. The second-order valence-corrected chi connectivity index (χ2v) is 5.27. The summed E-state index contributed by atoms with van der Waals surface area (Å²) in [5.41, 5.74) is 1.04. The van der Waals surface area contributed by atoms with Crippen LogP contribution in [0.25, 0.3) is 11.0 Å². The Hall–Kier alpha value is -1.81. The Kier molecular flexibility index (Phi) is 3.03. The molecule has 3 rings (SSSR count). The SMILES string of the molecule is CN(Cc1cc(=O)oc2cc(O)ccc12)C1CCC1. The lowest BCUT2D eigenvalue weighted by Crippen LogP contribution is -2.36. The molecule has 0 radical (unpaired) electrons. The first-order valence-corrected chi connectivity index (χ1v) is 6.59. The van der Waals surface area contributed by atoms with Crippen LogP contribution in [0.4, 0.5) is 0 Å². The van der Waals surface area contributed by atoms with E-state index in [0.29, 0.717) is 11.6 Å². The number of nitrogens with zero attached hydrogens (tertiary/aromatic N) is 1. The van der Waals surface area contributed by atoms with Crippen molar-refractivity contribution in [1.82, 2.24) is 4.90 Å². The summed E-state index contributed by atoms with van der Waals surface area (Å²) >= 11 is 0. The van der Waals surface area contributed by atoms with Crippen LogP contribution in [-0.4, -0.2) is 23.1 Å². The summed E-state index contributed by atoms with van der Waals surface area (Å²) in [6.45, 7) is 0.734. The molecule has 0 saturated heterocycles. The Bertz CT molecular complexity index is 658. The molecule has 0 atom stereocenters. The molecule has 0 amide bonds. The Balaban J connectivity index is 1.99. The number of rotatable bonds is 3. The van der Waals surface area contributed by atoms with Crippen LogP contribution >= 0.6 is 0 Å². The maximum absolute atomic E-state index is 11.6. The van der Waals surface area contributed by atoms with E-state index >= 15 is 0 Å². The second kappa shape index (κ2) is 4.70. The highest BCUT2D eigenvalue weighted by Crippen LogP contribution is 2.27. The van der Waals surface area contributed by atoms with Crippen molar-refractivity contribution < 1.29 is 9.52 Å². The summed E-state index contributed by atoms with van der Waals surface area (Å²) in [5.74, 6) is 0.111. The summed E-state index contributed by atoms with van der Waals surface area (Å²) in [5, 5.41) is 10.3. The highest BCUT2D eigenvalue weighted by atomic mass is 16.4.